The topological polar surface area (TPSA) is 59.8 Å². The fraction of sp³-hybridized carbons (Fsp3) is 0.312. The maximum atomic E-state index is 12.5. The molecular weight excluding hydrogens is 296 g/mol. The van der Waals surface area contributed by atoms with Crippen LogP contribution in [-0.4, -0.2) is 20.7 Å². The molecule has 0 fully saturated rings. The molecule has 114 valence electrons. The average Bonchev–Trinajstić information content (AvgIpc) is 3.13. The van der Waals surface area contributed by atoms with E-state index in [1.54, 1.807) is 21.5 Å². The van der Waals surface area contributed by atoms with Crippen LogP contribution in [0.1, 0.15) is 42.9 Å². The minimum atomic E-state index is -0.143. The van der Waals surface area contributed by atoms with Crippen molar-refractivity contribution in [2.45, 2.75) is 33.2 Å². The van der Waals surface area contributed by atoms with E-state index in [4.69, 9.17) is 0 Å². The minimum Gasteiger partial charge on any atom is -0.321 e. The number of amides is 1. The number of anilines is 1. The molecule has 0 aliphatic heterocycles. The van der Waals surface area contributed by atoms with Gasteiger partial charge in [0.05, 0.1) is 21.4 Å². The van der Waals surface area contributed by atoms with Crippen molar-refractivity contribution in [2.75, 3.05) is 5.32 Å². The van der Waals surface area contributed by atoms with Crippen molar-refractivity contribution in [3.8, 4) is 0 Å². The molecule has 1 amide bonds. The van der Waals surface area contributed by atoms with E-state index in [0.29, 0.717) is 18.2 Å². The van der Waals surface area contributed by atoms with Gasteiger partial charge in [0.2, 0.25) is 0 Å². The van der Waals surface area contributed by atoms with E-state index in [0.717, 1.165) is 21.6 Å². The third-order valence-electron chi connectivity index (χ3n) is 3.51. The number of benzene rings is 1. The Bertz CT molecular complexity index is 819. The number of nitrogens with zero attached hydrogens (tertiary/aromatic N) is 3. The Labute approximate surface area is 133 Å². The number of fused-ring (bicyclic) bond motifs is 1. The smallest absolute Gasteiger partial charge is 0.273 e. The van der Waals surface area contributed by atoms with Crippen molar-refractivity contribution < 1.29 is 4.79 Å². The highest BCUT2D eigenvalue weighted by Crippen LogP contribution is 2.22. The van der Waals surface area contributed by atoms with E-state index in [-0.39, 0.29) is 5.91 Å². The number of aryl methyl sites for hydroxylation is 1. The molecule has 3 rings (SSSR count). The molecule has 0 unspecified atom stereocenters. The molecule has 6 heteroatoms. The number of nitrogens with one attached hydrogen (secondary N) is 1. The molecule has 1 aromatic carbocycles. The maximum Gasteiger partial charge on any atom is 0.273 e. The van der Waals surface area contributed by atoms with Crippen molar-refractivity contribution >= 4 is 33.1 Å². The Hall–Kier alpha value is -2.21. The summed E-state index contributed by atoms with van der Waals surface area (Å²) in [6, 6.07) is 7.62. The first-order valence-corrected chi connectivity index (χ1v) is 8.18. The van der Waals surface area contributed by atoms with Crippen LogP contribution in [-0.2, 0) is 6.54 Å². The highest BCUT2D eigenvalue weighted by Gasteiger charge is 2.16. The van der Waals surface area contributed by atoms with Gasteiger partial charge in [-0.1, -0.05) is 13.8 Å². The second-order valence-corrected chi connectivity index (χ2v) is 6.30. The molecule has 5 nitrogen and oxygen atoms in total. The number of aromatic nitrogens is 3. The van der Waals surface area contributed by atoms with E-state index in [1.807, 2.05) is 31.2 Å². The lowest BCUT2D eigenvalue weighted by Gasteiger charge is -2.06. The van der Waals surface area contributed by atoms with Crippen LogP contribution in [0.2, 0.25) is 0 Å². The average molecular weight is 314 g/mol. The van der Waals surface area contributed by atoms with Gasteiger partial charge in [-0.2, -0.15) is 5.10 Å². The minimum absolute atomic E-state index is 0.143. The van der Waals surface area contributed by atoms with Gasteiger partial charge < -0.3 is 5.32 Å². The molecule has 2 heterocycles. The summed E-state index contributed by atoms with van der Waals surface area (Å²) in [5.74, 6) is 0.154. The molecule has 0 saturated carbocycles. The lowest BCUT2D eigenvalue weighted by atomic mass is 10.1. The standard InChI is InChI=1S/C16H18N4OS/c1-4-20-14(8-12(19-20)10(2)3)16(21)18-11-5-6-15-13(7-11)17-9-22-15/h5-10H,4H2,1-3H3,(H,18,21). The van der Waals surface area contributed by atoms with Gasteiger partial charge in [0, 0.05) is 12.2 Å². The quantitative estimate of drug-likeness (QED) is 0.795. The first kappa shape index (κ1) is 14.7. The SMILES string of the molecule is CCn1nc(C(C)C)cc1C(=O)Nc1ccc2scnc2c1. The zero-order valence-electron chi connectivity index (χ0n) is 12.8. The molecule has 0 radical (unpaired) electrons. The van der Waals surface area contributed by atoms with E-state index in [9.17, 15) is 4.79 Å². The van der Waals surface area contributed by atoms with Crippen LogP contribution in [0.4, 0.5) is 5.69 Å². The van der Waals surface area contributed by atoms with Crippen molar-refractivity contribution in [3.05, 3.63) is 41.2 Å². The van der Waals surface area contributed by atoms with E-state index >= 15 is 0 Å². The lowest BCUT2D eigenvalue weighted by molar-refractivity contribution is 0.101. The molecule has 0 bridgehead atoms. The summed E-state index contributed by atoms with van der Waals surface area (Å²) in [5.41, 5.74) is 4.97. The van der Waals surface area contributed by atoms with Crippen molar-refractivity contribution in [3.63, 3.8) is 0 Å². The molecule has 1 N–H and O–H groups in total. The van der Waals surface area contributed by atoms with Crippen LogP contribution < -0.4 is 5.32 Å². The van der Waals surface area contributed by atoms with Gasteiger partial charge in [-0.05, 0) is 37.1 Å². The van der Waals surface area contributed by atoms with Crippen LogP contribution in [0.5, 0.6) is 0 Å². The Morgan fingerprint density at radius 1 is 1.36 bits per heavy atom. The largest absolute Gasteiger partial charge is 0.321 e. The Kier molecular flexibility index (Phi) is 3.94. The fourth-order valence-corrected chi connectivity index (χ4v) is 2.93. The van der Waals surface area contributed by atoms with Gasteiger partial charge in [-0.3, -0.25) is 9.48 Å². The Balaban J connectivity index is 1.87. The lowest BCUT2D eigenvalue weighted by Crippen LogP contribution is -2.17. The summed E-state index contributed by atoms with van der Waals surface area (Å²) in [6.07, 6.45) is 0. The molecule has 0 atom stereocenters. The number of carbonyl (C=O) groups excluding carboxylic acids is 1. The van der Waals surface area contributed by atoms with E-state index in [1.165, 1.54) is 0 Å². The third kappa shape index (κ3) is 2.74. The highest BCUT2D eigenvalue weighted by atomic mass is 32.1. The summed E-state index contributed by atoms with van der Waals surface area (Å²) < 4.78 is 2.85. The van der Waals surface area contributed by atoms with E-state index in [2.05, 4.69) is 29.2 Å². The summed E-state index contributed by atoms with van der Waals surface area (Å²) in [5, 5.41) is 7.41. The van der Waals surface area contributed by atoms with Gasteiger partial charge in [-0.25, -0.2) is 4.98 Å². The van der Waals surface area contributed by atoms with E-state index < -0.39 is 0 Å². The number of thiazole rings is 1. The van der Waals surface area contributed by atoms with Crippen molar-refractivity contribution in [1.29, 1.82) is 0 Å². The van der Waals surface area contributed by atoms with Crippen molar-refractivity contribution in [2.24, 2.45) is 0 Å². The number of rotatable bonds is 4. The molecule has 22 heavy (non-hydrogen) atoms. The summed E-state index contributed by atoms with van der Waals surface area (Å²) in [6.45, 7) is 6.79. The predicted octanol–water partition coefficient (Wildman–Crippen LogP) is 3.89. The number of hydrogen-bond acceptors (Lipinski definition) is 4. The van der Waals surface area contributed by atoms with Crippen LogP contribution in [0.3, 0.4) is 0 Å². The van der Waals surface area contributed by atoms with Gasteiger partial charge in [-0.15, -0.1) is 11.3 Å². The normalized spacial score (nSPS) is 11.3. The summed E-state index contributed by atoms with van der Waals surface area (Å²) in [4.78, 5) is 16.8. The fourth-order valence-electron chi connectivity index (χ4n) is 2.27. The summed E-state index contributed by atoms with van der Waals surface area (Å²) >= 11 is 1.59. The summed E-state index contributed by atoms with van der Waals surface area (Å²) in [7, 11) is 0. The monoisotopic (exact) mass is 314 g/mol. The van der Waals surface area contributed by atoms with Gasteiger partial charge in [0.1, 0.15) is 5.69 Å². The van der Waals surface area contributed by atoms with Crippen LogP contribution in [0.15, 0.2) is 29.8 Å². The molecule has 0 spiro atoms. The molecule has 0 aliphatic carbocycles. The van der Waals surface area contributed by atoms with Gasteiger partial charge in [0.15, 0.2) is 0 Å². The van der Waals surface area contributed by atoms with Crippen LogP contribution in [0, 0.1) is 0 Å². The molecular formula is C16H18N4OS. The zero-order valence-corrected chi connectivity index (χ0v) is 13.6. The Morgan fingerprint density at radius 2 is 2.18 bits per heavy atom. The maximum absolute atomic E-state index is 12.5. The van der Waals surface area contributed by atoms with Crippen LogP contribution in [0.25, 0.3) is 10.2 Å². The second-order valence-electron chi connectivity index (χ2n) is 5.41. The third-order valence-corrected chi connectivity index (χ3v) is 4.32. The number of carbonyl (C=O) groups is 1. The molecule has 2 aromatic heterocycles. The number of hydrogen-bond donors (Lipinski definition) is 1. The van der Waals surface area contributed by atoms with Gasteiger partial charge >= 0.3 is 0 Å². The second kappa shape index (κ2) is 5.88. The van der Waals surface area contributed by atoms with Crippen LogP contribution >= 0.6 is 11.3 Å². The molecule has 0 aliphatic rings. The first-order valence-electron chi connectivity index (χ1n) is 7.31. The molecule has 0 saturated heterocycles. The first-order chi connectivity index (χ1) is 10.6. The molecule has 3 aromatic rings. The Morgan fingerprint density at radius 3 is 2.91 bits per heavy atom. The van der Waals surface area contributed by atoms with Crippen molar-refractivity contribution in [1.82, 2.24) is 14.8 Å². The predicted molar refractivity (Wildman–Crippen MR) is 89.6 cm³/mol. The van der Waals surface area contributed by atoms with Gasteiger partial charge in [0.25, 0.3) is 5.91 Å². The zero-order chi connectivity index (χ0) is 15.7. The highest BCUT2D eigenvalue weighted by molar-refractivity contribution is 7.16.